The van der Waals surface area contributed by atoms with Gasteiger partial charge in [0.05, 0.1) is 17.8 Å². The van der Waals surface area contributed by atoms with Gasteiger partial charge in [-0.15, -0.1) is 5.10 Å². The number of carbonyl (C=O) groups excluding carboxylic acids is 1. The van der Waals surface area contributed by atoms with Gasteiger partial charge in [0.15, 0.2) is 5.82 Å². The van der Waals surface area contributed by atoms with E-state index in [1.807, 2.05) is 24.3 Å². The number of benzene rings is 2. The summed E-state index contributed by atoms with van der Waals surface area (Å²) in [6, 6.07) is 13.2. The SMILES string of the molecule is O=C(NCc1nnnn1-c1ccc(Br)cc1)c1ccccc1F. The van der Waals surface area contributed by atoms with Gasteiger partial charge in [-0.25, -0.2) is 4.39 Å². The number of tetrazole rings is 1. The Morgan fingerprint density at radius 1 is 1.17 bits per heavy atom. The monoisotopic (exact) mass is 375 g/mol. The van der Waals surface area contributed by atoms with E-state index in [9.17, 15) is 9.18 Å². The van der Waals surface area contributed by atoms with Crippen LogP contribution in [-0.2, 0) is 6.54 Å². The fourth-order valence-corrected chi connectivity index (χ4v) is 2.26. The van der Waals surface area contributed by atoms with E-state index in [2.05, 4.69) is 36.8 Å². The van der Waals surface area contributed by atoms with Gasteiger partial charge in [0, 0.05) is 4.47 Å². The number of amides is 1. The molecule has 116 valence electrons. The molecule has 0 bridgehead atoms. The molecule has 8 heteroatoms. The topological polar surface area (TPSA) is 72.7 Å². The van der Waals surface area contributed by atoms with E-state index < -0.39 is 11.7 Å². The molecule has 2 aromatic carbocycles. The number of hydrogen-bond acceptors (Lipinski definition) is 4. The van der Waals surface area contributed by atoms with Crippen LogP contribution in [0.4, 0.5) is 4.39 Å². The van der Waals surface area contributed by atoms with Crippen LogP contribution in [0.1, 0.15) is 16.2 Å². The maximum atomic E-state index is 13.6. The van der Waals surface area contributed by atoms with E-state index in [0.717, 1.165) is 10.2 Å². The molecule has 0 radical (unpaired) electrons. The minimum Gasteiger partial charge on any atom is -0.345 e. The molecular formula is C15H11BrFN5O. The first-order valence-corrected chi connectivity index (χ1v) is 7.50. The molecule has 0 aliphatic carbocycles. The van der Waals surface area contributed by atoms with Crippen molar-refractivity contribution in [3.05, 3.63) is 70.2 Å². The van der Waals surface area contributed by atoms with Crippen LogP contribution in [-0.4, -0.2) is 26.1 Å². The number of halogens is 2. The fourth-order valence-electron chi connectivity index (χ4n) is 2.00. The van der Waals surface area contributed by atoms with Crippen LogP contribution in [0.3, 0.4) is 0 Å². The summed E-state index contributed by atoms with van der Waals surface area (Å²) in [5.41, 5.74) is 0.739. The van der Waals surface area contributed by atoms with Gasteiger partial charge in [-0.1, -0.05) is 28.1 Å². The van der Waals surface area contributed by atoms with Crippen LogP contribution in [0.25, 0.3) is 5.69 Å². The van der Waals surface area contributed by atoms with E-state index in [1.165, 1.54) is 22.9 Å². The highest BCUT2D eigenvalue weighted by Gasteiger charge is 2.13. The Morgan fingerprint density at radius 2 is 1.91 bits per heavy atom. The Balaban J connectivity index is 1.75. The van der Waals surface area contributed by atoms with Gasteiger partial charge >= 0.3 is 0 Å². The Kier molecular flexibility index (Phi) is 4.42. The molecule has 0 fully saturated rings. The first-order chi connectivity index (χ1) is 11.1. The van der Waals surface area contributed by atoms with E-state index in [4.69, 9.17) is 0 Å². The van der Waals surface area contributed by atoms with Gasteiger partial charge in [0.2, 0.25) is 0 Å². The third kappa shape index (κ3) is 3.42. The number of rotatable bonds is 4. The molecule has 0 aliphatic rings. The summed E-state index contributed by atoms with van der Waals surface area (Å²) in [6.07, 6.45) is 0. The second kappa shape index (κ2) is 6.66. The molecule has 0 unspecified atom stereocenters. The molecule has 0 saturated heterocycles. The number of nitrogens with one attached hydrogen (secondary N) is 1. The zero-order valence-electron chi connectivity index (χ0n) is 11.8. The highest BCUT2D eigenvalue weighted by molar-refractivity contribution is 9.10. The summed E-state index contributed by atoms with van der Waals surface area (Å²) >= 11 is 3.36. The second-order valence-corrected chi connectivity index (χ2v) is 5.56. The molecule has 1 aromatic heterocycles. The molecule has 1 heterocycles. The molecule has 23 heavy (non-hydrogen) atoms. The van der Waals surface area contributed by atoms with E-state index in [0.29, 0.717) is 5.82 Å². The van der Waals surface area contributed by atoms with Crippen LogP contribution >= 0.6 is 15.9 Å². The first kappa shape index (κ1) is 15.3. The average Bonchev–Trinajstić information content (AvgIpc) is 3.02. The Hall–Kier alpha value is -2.61. The van der Waals surface area contributed by atoms with Crippen LogP contribution in [0.2, 0.25) is 0 Å². The van der Waals surface area contributed by atoms with E-state index in [1.54, 1.807) is 6.07 Å². The number of hydrogen-bond donors (Lipinski definition) is 1. The number of carbonyl (C=O) groups is 1. The molecule has 6 nitrogen and oxygen atoms in total. The van der Waals surface area contributed by atoms with Crippen molar-refractivity contribution in [2.75, 3.05) is 0 Å². The summed E-state index contributed by atoms with van der Waals surface area (Å²) in [6.45, 7) is 0.0796. The third-order valence-corrected chi connectivity index (χ3v) is 3.66. The summed E-state index contributed by atoms with van der Waals surface area (Å²) in [7, 11) is 0. The van der Waals surface area contributed by atoms with Crippen molar-refractivity contribution in [3.63, 3.8) is 0 Å². The molecule has 3 aromatic rings. The minimum atomic E-state index is -0.572. The molecule has 0 atom stereocenters. The molecule has 1 amide bonds. The minimum absolute atomic E-state index is 0.0184. The quantitative estimate of drug-likeness (QED) is 0.760. The van der Waals surface area contributed by atoms with Crippen molar-refractivity contribution < 1.29 is 9.18 Å². The van der Waals surface area contributed by atoms with Crippen molar-refractivity contribution >= 4 is 21.8 Å². The predicted molar refractivity (Wildman–Crippen MR) is 84.4 cm³/mol. The van der Waals surface area contributed by atoms with Crippen LogP contribution in [0.5, 0.6) is 0 Å². The molecule has 1 N–H and O–H groups in total. The second-order valence-electron chi connectivity index (χ2n) is 4.65. The fraction of sp³-hybridized carbons (Fsp3) is 0.0667. The van der Waals surface area contributed by atoms with Gasteiger partial charge < -0.3 is 5.32 Å². The first-order valence-electron chi connectivity index (χ1n) is 6.71. The molecule has 0 spiro atoms. The van der Waals surface area contributed by atoms with Gasteiger partial charge in [-0.3, -0.25) is 4.79 Å². The lowest BCUT2D eigenvalue weighted by atomic mass is 10.2. The molecule has 3 rings (SSSR count). The number of nitrogens with zero attached hydrogens (tertiary/aromatic N) is 4. The highest BCUT2D eigenvalue weighted by atomic mass is 79.9. The standard InChI is InChI=1S/C15H11BrFN5O/c16-10-5-7-11(8-6-10)22-14(19-20-21-22)9-18-15(23)12-3-1-2-4-13(12)17/h1-8H,9H2,(H,18,23). The Morgan fingerprint density at radius 3 is 2.65 bits per heavy atom. The summed E-state index contributed by atoms with van der Waals surface area (Å²) in [5.74, 6) is -0.650. The van der Waals surface area contributed by atoms with E-state index >= 15 is 0 Å². The summed E-state index contributed by atoms with van der Waals surface area (Å²) in [5, 5.41) is 14.0. The lowest BCUT2D eigenvalue weighted by molar-refractivity contribution is 0.0945. The zero-order valence-corrected chi connectivity index (χ0v) is 13.4. The van der Waals surface area contributed by atoms with Gasteiger partial charge in [-0.05, 0) is 46.8 Å². The maximum Gasteiger partial charge on any atom is 0.254 e. The Bertz CT molecular complexity index is 834. The molecule has 0 aliphatic heterocycles. The van der Waals surface area contributed by atoms with Crippen molar-refractivity contribution in [2.24, 2.45) is 0 Å². The normalized spacial score (nSPS) is 10.5. The van der Waals surface area contributed by atoms with Crippen molar-refractivity contribution in [2.45, 2.75) is 6.54 Å². The van der Waals surface area contributed by atoms with Gasteiger partial charge in [0.25, 0.3) is 5.91 Å². The summed E-state index contributed by atoms with van der Waals surface area (Å²) in [4.78, 5) is 12.0. The lowest BCUT2D eigenvalue weighted by Gasteiger charge is -2.07. The lowest BCUT2D eigenvalue weighted by Crippen LogP contribution is -2.25. The predicted octanol–water partition coefficient (Wildman–Crippen LogP) is 2.49. The maximum absolute atomic E-state index is 13.6. The van der Waals surface area contributed by atoms with Crippen LogP contribution in [0.15, 0.2) is 53.0 Å². The zero-order chi connectivity index (χ0) is 16.2. The molecule has 0 saturated carbocycles. The molecular weight excluding hydrogens is 365 g/mol. The average molecular weight is 376 g/mol. The number of aromatic nitrogens is 4. The third-order valence-electron chi connectivity index (χ3n) is 3.13. The van der Waals surface area contributed by atoms with Crippen molar-refractivity contribution in [1.82, 2.24) is 25.5 Å². The van der Waals surface area contributed by atoms with Gasteiger partial charge in [0.1, 0.15) is 5.82 Å². The van der Waals surface area contributed by atoms with Crippen LogP contribution in [0, 0.1) is 5.82 Å². The highest BCUT2D eigenvalue weighted by Crippen LogP contribution is 2.14. The smallest absolute Gasteiger partial charge is 0.254 e. The summed E-state index contributed by atoms with van der Waals surface area (Å²) < 4.78 is 16.0. The van der Waals surface area contributed by atoms with E-state index in [-0.39, 0.29) is 12.1 Å². The van der Waals surface area contributed by atoms with Crippen molar-refractivity contribution in [1.29, 1.82) is 0 Å². The van der Waals surface area contributed by atoms with Crippen molar-refractivity contribution in [3.8, 4) is 5.69 Å². The van der Waals surface area contributed by atoms with Crippen LogP contribution < -0.4 is 5.32 Å². The largest absolute Gasteiger partial charge is 0.345 e. The Labute approximate surface area is 139 Å². The van der Waals surface area contributed by atoms with Gasteiger partial charge in [-0.2, -0.15) is 4.68 Å².